The zero-order valence-corrected chi connectivity index (χ0v) is 12.9. The summed E-state index contributed by atoms with van der Waals surface area (Å²) in [4.78, 5) is 23.1. The first-order valence-electron chi connectivity index (χ1n) is 6.89. The number of aliphatic carboxylic acids is 1. The van der Waals surface area contributed by atoms with Crippen molar-refractivity contribution < 1.29 is 19.4 Å². The van der Waals surface area contributed by atoms with Crippen LogP contribution in [0.4, 0.5) is 0 Å². The van der Waals surface area contributed by atoms with Gasteiger partial charge < -0.3 is 15.2 Å². The molecule has 0 aliphatic rings. The van der Waals surface area contributed by atoms with Crippen molar-refractivity contribution in [1.82, 2.24) is 5.32 Å². The third-order valence-corrected chi connectivity index (χ3v) is 3.21. The maximum absolute atomic E-state index is 12.0. The molecule has 0 radical (unpaired) electrons. The summed E-state index contributed by atoms with van der Waals surface area (Å²) >= 11 is 5.76. The van der Waals surface area contributed by atoms with Gasteiger partial charge in [-0.3, -0.25) is 4.79 Å². The lowest BCUT2D eigenvalue weighted by molar-refractivity contribution is -0.143. The summed E-state index contributed by atoms with van der Waals surface area (Å²) in [7, 11) is 0. The van der Waals surface area contributed by atoms with Gasteiger partial charge in [-0.25, -0.2) is 4.79 Å². The zero-order valence-electron chi connectivity index (χ0n) is 12.1. The van der Waals surface area contributed by atoms with Crippen molar-refractivity contribution in [2.75, 3.05) is 0 Å². The highest BCUT2D eigenvalue weighted by Crippen LogP contribution is 2.16. The SMILES string of the molecule is CCCCC(NC(=O)C(C)Oc1ccc(Cl)cc1)C(=O)O. The van der Waals surface area contributed by atoms with E-state index in [1.807, 2.05) is 6.92 Å². The number of ether oxygens (including phenoxy) is 1. The summed E-state index contributed by atoms with van der Waals surface area (Å²) in [5, 5.41) is 12.1. The topological polar surface area (TPSA) is 75.6 Å². The largest absolute Gasteiger partial charge is 0.481 e. The zero-order chi connectivity index (χ0) is 15.8. The fraction of sp³-hybridized carbons (Fsp3) is 0.467. The molecule has 1 rings (SSSR count). The minimum atomic E-state index is -1.03. The van der Waals surface area contributed by atoms with Crippen molar-refractivity contribution in [2.24, 2.45) is 0 Å². The van der Waals surface area contributed by atoms with E-state index in [-0.39, 0.29) is 0 Å². The van der Waals surface area contributed by atoms with Crippen LogP contribution in [0.1, 0.15) is 33.1 Å². The van der Waals surface area contributed by atoms with Gasteiger partial charge in [-0.15, -0.1) is 0 Å². The van der Waals surface area contributed by atoms with Crippen LogP contribution in [0.3, 0.4) is 0 Å². The van der Waals surface area contributed by atoms with Gasteiger partial charge in [-0.2, -0.15) is 0 Å². The first kappa shape index (κ1) is 17.3. The van der Waals surface area contributed by atoms with Crippen molar-refractivity contribution in [2.45, 2.75) is 45.3 Å². The molecule has 0 aliphatic heterocycles. The van der Waals surface area contributed by atoms with Crippen LogP contribution in [0.15, 0.2) is 24.3 Å². The molecule has 0 saturated heterocycles. The molecule has 21 heavy (non-hydrogen) atoms. The minimum absolute atomic E-state index is 0.408. The van der Waals surface area contributed by atoms with E-state index in [2.05, 4.69) is 5.32 Å². The number of carboxylic acids is 1. The van der Waals surface area contributed by atoms with Crippen LogP contribution in [-0.4, -0.2) is 29.1 Å². The van der Waals surface area contributed by atoms with E-state index in [1.54, 1.807) is 31.2 Å². The summed E-state index contributed by atoms with van der Waals surface area (Å²) in [6.45, 7) is 3.54. The van der Waals surface area contributed by atoms with Gasteiger partial charge in [0.15, 0.2) is 6.10 Å². The van der Waals surface area contributed by atoms with Crippen LogP contribution >= 0.6 is 11.6 Å². The Labute approximate surface area is 129 Å². The second kappa shape index (κ2) is 8.52. The maximum atomic E-state index is 12.0. The number of hydrogen-bond acceptors (Lipinski definition) is 3. The minimum Gasteiger partial charge on any atom is -0.481 e. The summed E-state index contributed by atoms with van der Waals surface area (Å²) in [6.07, 6.45) is 1.24. The van der Waals surface area contributed by atoms with Crippen molar-refractivity contribution in [1.29, 1.82) is 0 Å². The van der Waals surface area contributed by atoms with Gasteiger partial charge >= 0.3 is 5.97 Å². The van der Waals surface area contributed by atoms with Crippen molar-refractivity contribution >= 4 is 23.5 Å². The molecule has 1 aromatic rings. The van der Waals surface area contributed by atoms with Crippen LogP contribution in [0.5, 0.6) is 5.75 Å². The highest BCUT2D eigenvalue weighted by atomic mass is 35.5. The molecular formula is C15H20ClNO4. The van der Waals surface area contributed by atoms with Gasteiger partial charge in [0.2, 0.25) is 0 Å². The van der Waals surface area contributed by atoms with Gasteiger partial charge in [0, 0.05) is 5.02 Å². The average Bonchev–Trinajstić information content (AvgIpc) is 2.45. The average molecular weight is 314 g/mol. The van der Waals surface area contributed by atoms with Gasteiger partial charge in [-0.1, -0.05) is 31.4 Å². The van der Waals surface area contributed by atoms with E-state index in [9.17, 15) is 9.59 Å². The number of rotatable bonds is 8. The lowest BCUT2D eigenvalue weighted by Crippen LogP contribution is -2.46. The number of hydrogen-bond donors (Lipinski definition) is 2. The smallest absolute Gasteiger partial charge is 0.326 e. The molecule has 1 amide bonds. The number of benzene rings is 1. The van der Waals surface area contributed by atoms with Crippen molar-refractivity contribution in [3.63, 3.8) is 0 Å². The molecule has 0 fully saturated rings. The molecule has 116 valence electrons. The second-order valence-corrected chi connectivity index (χ2v) is 5.19. The Hall–Kier alpha value is -1.75. The Bertz CT molecular complexity index is 475. The Morgan fingerprint density at radius 2 is 1.95 bits per heavy atom. The highest BCUT2D eigenvalue weighted by molar-refractivity contribution is 6.30. The number of carbonyl (C=O) groups is 2. The number of unbranched alkanes of at least 4 members (excludes halogenated alkanes) is 1. The molecular weight excluding hydrogens is 294 g/mol. The summed E-state index contributed by atoms with van der Waals surface area (Å²) < 4.78 is 5.45. The number of carbonyl (C=O) groups excluding carboxylic acids is 1. The molecule has 0 bridgehead atoms. The molecule has 0 aliphatic carbocycles. The fourth-order valence-electron chi connectivity index (χ4n) is 1.73. The van der Waals surface area contributed by atoms with Crippen LogP contribution in [-0.2, 0) is 9.59 Å². The summed E-state index contributed by atoms with van der Waals surface area (Å²) in [6, 6.07) is 5.73. The normalized spacial score (nSPS) is 13.3. The monoisotopic (exact) mass is 313 g/mol. The summed E-state index contributed by atoms with van der Waals surface area (Å²) in [5.41, 5.74) is 0. The van der Waals surface area contributed by atoms with Crippen LogP contribution in [0.2, 0.25) is 5.02 Å². The molecule has 5 nitrogen and oxygen atoms in total. The fourth-order valence-corrected chi connectivity index (χ4v) is 1.85. The Kier molecular flexibility index (Phi) is 7.02. The number of carboxylic acid groups (broad SMARTS) is 1. The lowest BCUT2D eigenvalue weighted by Gasteiger charge is -2.18. The molecule has 2 N–H and O–H groups in total. The van der Waals surface area contributed by atoms with Gasteiger partial charge in [0.25, 0.3) is 5.91 Å². The molecule has 0 spiro atoms. The predicted molar refractivity (Wildman–Crippen MR) is 80.6 cm³/mol. The summed E-state index contributed by atoms with van der Waals surface area (Å²) in [5.74, 6) is -0.980. The van der Waals surface area contributed by atoms with Gasteiger partial charge in [-0.05, 0) is 37.6 Å². The molecule has 6 heteroatoms. The predicted octanol–water partition coefficient (Wildman–Crippen LogP) is 2.87. The van der Waals surface area contributed by atoms with E-state index in [0.29, 0.717) is 17.2 Å². The molecule has 2 unspecified atom stereocenters. The first-order chi connectivity index (χ1) is 9.93. The third-order valence-electron chi connectivity index (χ3n) is 2.96. The van der Waals surface area contributed by atoms with Gasteiger partial charge in [0.05, 0.1) is 0 Å². The second-order valence-electron chi connectivity index (χ2n) is 4.76. The molecule has 0 saturated carbocycles. The number of halogens is 1. The van der Waals surface area contributed by atoms with Gasteiger partial charge in [0.1, 0.15) is 11.8 Å². The van der Waals surface area contributed by atoms with E-state index >= 15 is 0 Å². The number of amides is 1. The molecule has 0 heterocycles. The highest BCUT2D eigenvalue weighted by Gasteiger charge is 2.23. The standard InChI is InChI=1S/C15H20ClNO4/c1-3-4-5-13(15(19)20)17-14(18)10(2)21-12-8-6-11(16)7-9-12/h6-10,13H,3-5H2,1-2H3,(H,17,18)(H,19,20). The van der Waals surface area contributed by atoms with Crippen LogP contribution in [0, 0.1) is 0 Å². The van der Waals surface area contributed by atoms with Crippen LogP contribution in [0.25, 0.3) is 0 Å². The molecule has 2 atom stereocenters. The van der Waals surface area contributed by atoms with Crippen molar-refractivity contribution in [3.8, 4) is 5.75 Å². The first-order valence-corrected chi connectivity index (χ1v) is 7.27. The Morgan fingerprint density at radius 3 is 2.48 bits per heavy atom. The van der Waals surface area contributed by atoms with E-state index in [1.165, 1.54) is 0 Å². The Morgan fingerprint density at radius 1 is 1.33 bits per heavy atom. The number of nitrogens with one attached hydrogen (secondary N) is 1. The van der Waals surface area contributed by atoms with E-state index in [0.717, 1.165) is 12.8 Å². The third kappa shape index (κ3) is 6.04. The molecule has 1 aromatic carbocycles. The molecule has 0 aromatic heterocycles. The Balaban J connectivity index is 2.56. The van der Waals surface area contributed by atoms with E-state index in [4.69, 9.17) is 21.4 Å². The lowest BCUT2D eigenvalue weighted by atomic mass is 10.1. The van der Waals surface area contributed by atoms with E-state index < -0.39 is 24.0 Å². The van der Waals surface area contributed by atoms with Crippen LogP contribution < -0.4 is 10.1 Å². The van der Waals surface area contributed by atoms with Crippen molar-refractivity contribution in [3.05, 3.63) is 29.3 Å². The maximum Gasteiger partial charge on any atom is 0.326 e. The quantitative estimate of drug-likeness (QED) is 0.774.